The molecule has 0 atom stereocenters. The van der Waals surface area contributed by atoms with Crippen molar-refractivity contribution in [3.63, 3.8) is 0 Å². The highest BCUT2D eigenvalue weighted by Gasteiger charge is 2.25. The molecule has 0 aliphatic heterocycles. The van der Waals surface area contributed by atoms with Gasteiger partial charge < -0.3 is 15.1 Å². The number of thiazole rings is 1. The second-order valence-electron chi connectivity index (χ2n) is 4.37. The second kappa shape index (κ2) is 5.45. The van der Waals surface area contributed by atoms with Gasteiger partial charge in [0.2, 0.25) is 5.89 Å². The van der Waals surface area contributed by atoms with Gasteiger partial charge in [0.05, 0.1) is 12.1 Å². The zero-order valence-corrected chi connectivity index (χ0v) is 11.5. The molecular formula is C11H17N5OS. The molecule has 0 unspecified atom stereocenters. The summed E-state index contributed by atoms with van der Waals surface area (Å²) in [6.45, 7) is 7.54. The Labute approximate surface area is 110 Å². The third kappa shape index (κ3) is 3.05. The Balaban J connectivity index is 2.02. The first-order valence-electron chi connectivity index (χ1n) is 5.83. The van der Waals surface area contributed by atoms with E-state index in [1.54, 1.807) is 17.5 Å². The summed E-state index contributed by atoms with van der Waals surface area (Å²) in [6, 6.07) is 0.420. The monoisotopic (exact) mass is 267 g/mol. The van der Waals surface area contributed by atoms with Gasteiger partial charge in [-0.3, -0.25) is 0 Å². The highest BCUT2D eigenvalue weighted by Crippen LogP contribution is 2.26. The van der Waals surface area contributed by atoms with Gasteiger partial charge >= 0.3 is 6.01 Å². The highest BCUT2D eigenvalue weighted by atomic mass is 32.1. The third-order valence-electron chi connectivity index (χ3n) is 2.38. The Morgan fingerprint density at radius 1 is 1.39 bits per heavy atom. The highest BCUT2D eigenvalue weighted by molar-refractivity contribution is 7.09. The predicted molar refractivity (Wildman–Crippen MR) is 70.4 cm³/mol. The molecule has 7 heteroatoms. The van der Waals surface area contributed by atoms with E-state index in [1.165, 1.54) is 0 Å². The molecule has 2 aromatic rings. The molecule has 6 nitrogen and oxygen atoms in total. The third-order valence-corrected chi connectivity index (χ3v) is 3.48. The van der Waals surface area contributed by atoms with Crippen LogP contribution in [0, 0.1) is 0 Å². The van der Waals surface area contributed by atoms with Gasteiger partial charge in [-0.05, 0) is 20.4 Å². The molecule has 2 heterocycles. The molecule has 2 rings (SSSR count). The topological polar surface area (TPSA) is 75.9 Å². The lowest BCUT2D eigenvalue weighted by molar-refractivity contribution is 0.464. The van der Waals surface area contributed by atoms with Gasteiger partial charge in [0.25, 0.3) is 0 Å². The predicted octanol–water partition coefficient (Wildman–Crippen LogP) is 1.98. The molecule has 0 aliphatic carbocycles. The van der Waals surface area contributed by atoms with Crippen molar-refractivity contribution in [3.05, 3.63) is 22.5 Å². The second-order valence-corrected chi connectivity index (χ2v) is 5.26. The van der Waals surface area contributed by atoms with Crippen molar-refractivity contribution in [2.24, 2.45) is 0 Å². The Hall–Kier alpha value is -1.47. The van der Waals surface area contributed by atoms with Crippen LogP contribution in [0.2, 0.25) is 0 Å². The number of anilines is 1. The van der Waals surface area contributed by atoms with Crippen molar-refractivity contribution >= 4 is 17.4 Å². The summed E-state index contributed by atoms with van der Waals surface area (Å²) in [7, 11) is 0. The fourth-order valence-corrected chi connectivity index (χ4v) is 2.18. The maximum Gasteiger partial charge on any atom is 0.316 e. The van der Waals surface area contributed by atoms with Crippen LogP contribution < -0.4 is 10.6 Å². The van der Waals surface area contributed by atoms with E-state index in [0.29, 0.717) is 18.5 Å². The molecule has 0 radical (unpaired) electrons. The lowest BCUT2D eigenvalue weighted by atomic mass is 10.1. The summed E-state index contributed by atoms with van der Waals surface area (Å²) in [5.74, 6) is 0.578. The normalized spacial score (nSPS) is 11.7. The number of nitrogens with zero attached hydrogens (tertiary/aromatic N) is 3. The minimum Gasteiger partial charge on any atom is -0.407 e. The number of nitrogens with one attached hydrogen (secondary N) is 2. The van der Waals surface area contributed by atoms with Gasteiger partial charge in [-0.25, -0.2) is 4.98 Å². The van der Waals surface area contributed by atoms with Crippen LogP contribution in [0.15, 0.2) is 16.0 Å². The molecule has 98 valence electrons. The summed E-state index contributed by atoms with van der Waals surface area (Å²) in [4.78, 5) is 4.29. The fourth-order valence-electron chi connectivity index (χ4n) is 1.46. The molecule has 2 aromatic heterocycles. The lowest BCUT2D eigenvalue weighted by Gasteiger charge is -2.21. The largest absolute Gasteiger partial charge is 0.407 e. The molecular weight excluding hydrogens is 250 g/mol. The summed E-state index contributed by atoms with van der Waals surface area (Å²) < 4.78 is 5.50. The van der Waals surface area contributed by atoms with Crippen LogP contribution in [-0.2, 0) is 12.1 Å². The molecule has 2 N–H and O–H groups in total. The summed E-state index contributed by atoms with van der Waals surface area (Å²) in [6.07, 6.45) is 1.79. The molecule has 0 aromatic carbocycles. The van der Waals surface area contributed by atoms with Crippen molar-refractivity contribution < 1.29 is 4.42 Å². The standard InChI is InChI=1S/C11H17N5OS/c1-4-12-7-8-15-16-10(17-8)14-11(2,3)9-13-5-6-18-9/h5-6,12H,4,7H2,1-3H3,(H,14,16). The SMILES string of the molecule is CCNCc1nnc(NC(C)(C)c2nccs2)o1. The van der Waals surface area contributed by atoms with Crippen LogP contribution in [0.4, 0.5) is 6.01 Å². The molecule has 0 spiro atoms. The first-order valence-corrected chi connectivity index (χ1v) is 6.71. The van der Waals surface area contributed by atoms with Crippen molar-refractivity contribution in [2.45, 2.75) is 32.9 Å². The summed E-state index contributed by atoms with van der Waals surface area (Å²) >= 11 is 1.59. The molecule has 0 fully saturated rings. The van der Waals surface area contributed by atoms with E-state index in [-0.39, 0.29) is 5.54 Å². The van der Waals surface area contributed by atoms with Crippen molar-refractivity contribution in [1.29, 1.82) is 0 Å². The average molecular weight is 267 g/mol. The molecule has 0 aliphatic rings. The number of hydrogen-bond acceptors (Lipinski definition) is 7. The Morgan fingerprint density at radius 3 is 2.89 bits per heavy atom. The van der Waals surface area contributed by atoms with Crippen LogP contribution in [0.3, 0.4) is 0 Å². The van der Waals surface area contributed by atoms with Gasteiger partial charge in [-0.2, -0.15) is 0 Å². The molecule has 0 saturated carbocycles. The van der Waals surface area contributed by atoms with E-state index in [0.717, 1.165) is 11.6 Å². The van der Waals surface area contributed by atoms with Crippen LogP contribution in [0.1, 0.15) is 31.7 Å². The maximum atomic E-state index is 5.50. The van der Waals surface area contributed by atoms with E-state index in [1.807, 2.05) is 26.2 Å². The number of rotatable bonds is 6. The van der Waals surface area contributed by atoms with Gasteiger partial charge in [0.15, 0.2) is 0 Å². The number of hydrogen-bond donors (Lipinski definition) is 2. The van der Waals surface area contributed by atoms with E-state index in [9.17, 15) is 0 Å². The smallest absolute Gasteiger partial charge is 0.316 e. The van der Waals surface area contributed by atoms with E-state index in [2.05, 4.69) is 25.8 Å². The summed E-state index contributed by atoms with van der Waals surface area (Å²) in [5.41, 5.74) is -0.323. The first-order chi connectivity index (χ1) is 8.62. The number of aromatic nitrogens is 3. The van der Waals surface area contributed by atoms with Gasteiger partial charge in [0.1, 0.15) is 5.01 Å². The molecule has 0 bridgehead atoms. The van der Waals surface area contributed by atoms with Gasteiger partial charge in [-0.1, -0.05) is 12.0 Å². The zero-order valence-electron chi connectivity index (χ0n) is 10.7. The van der Waals surface area contributed by atoms with Crippen LogP contribution in [0.25, 0.3) is 0 Å². The molecule has 0 saturated heterocycles. The minimum atomic E-state index is -0.323. The van der Waals surface area contributed by atoms with E-state index < -0.39 is 0 Å². The quantitative estimate of drug-likeness (QED) is 0.833. The van der Waals surface area contributed by atoms with Crippen molar-refractivity contribution in [1.82, 2.24) is 20.5 Å². The van der Waals surface area contributed by atoms with Crippen LogP contribution >= 0.6 is 11.3 Å². The first kappa shape index (κ1) is 13.0. The van der Waals surface area contributed by atoms with Crippen molar-refractivity contribution in [2.75, 3.05) is 11.9 Å². The molecule has 0 amide bonds. The maximum absolute atomic E-state index is 5.50. The van der Waals surface area contributed by atoms with Crippen LogP contribution in [-0.4, -0.2) is 21.7 Å². The van der Waals surface area contributed by atoms with E-state index in [4.69, 9.17) is 4.42 Å². The average Bonchev–Trinajstić information content (AvgIpc) is 2.96. The molecule has 18 heavy (non-hydrogen) atoms. The Bertz CT molecular complexity index is 479. The van der Waals surface area contributed by atoms with Gasteiger partial charge in [-0.15, -0.1) is 16.4 Å². The zero-order chi connectivity index (χ0) is 13.0. The van der Waals surface area contributed by atoms with E-state index >= 15 is 0 Å². The Kier molecular flexibility index (Phi) is 3.93. The summed E-state index contributed by atoms with van der Waals surface area (Å²) in [5, 5.41) is 17.2. The Morgan fingerprint density at radius 2 is 2.22 bits per heavy atom. The lowest BCUT2D eigenvalue weighted by Crippen LogP contribution is -2.27. The van der Waals surface area contributed by atoms with Crippen molar-refractivity contribution in [3.8, 4) is 0 Å². The van der Waals surface area contributed by atoms with Gasteiger partial charge in [0, 0.05) is 11.6 Å². The minimum absolute atomic E-state index is 0.323. The van der Waals surface area contributed by atoms with Crippen LogP contribution in [0.5, 0.6) is 0 Å². The fraction of sp³-hybridized carbons (Fsp3) is 0.545.